The number of ether oxygens (including phenoxy) is 1. The SMILES string of the molecule is COc1ccc(SC/C(=N\O)c2ccc(F)cc2F)cc1. The van der Waals surface area contributed by atoms with E-state index in [-0.39, 0.29) is 17.0 Å². The Bertz CT molecular complexity index is 645. The Hall–Kier alpha value is -2.08. The normalized spacial score (nSPS) is 11.5. The van der Waals surface area contributed by atoms with Crippen LogP contribution >= 0.6 is 11.8 Å². The van der Waals surface area contributed by atoms with Gasteiger partial charge in [0.15, 0.2) is 0 Å². The fourth-order valence-electron chi connectivity index (χ4n) is 1.71. The van der Waals surface area contributed by atoms with Crippen molar-refractivity contribution in [3.05, 3.63) is 59.7 Å². The van der Waals surface area contributed by atoms with Crippen LogP contribution in [-0.2, 0) is 0 Å². The van der Waals surface area contributed by atoms with Crippen molar-refractivity contribution in [1.29, 1.82) is 0 Å². The van der Waals surface area contributed by atoms with Gasteiger partial charge in [-0.15, -0.1) is 11.8 Å². The van der Waals surface area contributed by atoms with Crippen LogP contribution in [0.5, 0.6) is 5.75 Å². The minimum Gasteiger partial charge on any atom is -0.497 e. The van der Waals surface area contributed by atoms with Crippen molar-refractivity contribution in [3.63, 3.8) is 0 Å². The van der Waals surface area contributed by atoms with E-state index in [0.29, 0.717) is 0 Å². The highest BCUT2D eigenvalue weighted by atomic mass is 32.2. The van der Waals surface area contributed by atoms with E-state index in [1.807, 2.05) is 12.1 Å². The van der Waals surface area contributed by atoms with E-state index >= 15 is 0 Å². The van der Waals surface area contributed by atoms with Crippen LogP contribution in [0.25, 0.3) is 0 Å². The zero-order valence-corrected chi connectivity index (χ0v) is 12.0. The first-order valence-electron chi connectivity index (χ1n) is 6.07. The molecule has 0 unspecified atom stereocenters. The molecule has 0 aliphatic heterocycles. The van der Waals surface area contributed by atoms with Gasteiger partial charge in [-0.3, -0.25) is 0 Å². The van der Waals surface area contributed by atoms with Crippen molar-refractivity contribution in [2.75, 3.05) is 12.9 Å². The van der Waals surface area contributed by atoms with E-state index in [2.05, 4.69) is 5.16 Å². The Morgan fingerprint density at radius 1 is 1.19 bits per heavy atom. The van der Waals surface area contributed by atoms with E-state index in [1.165, 1.54) is 17.8 Å². The number of methoxy groups -OCH3 is 1. The maximum Gasteiger partial charge on any atom is 0.135 e. The topological polar surface area (TPSA) is 41.8 Å². The van der Waals surface area contributed by atoms with E-state index < -0.39 is 11.6 Å². The molecule has 0 radical (unpaired) electrons. The molecule has 0 aliphatic carbocycles. The maximum absolute atomic E-state index is 13.7. The molecule has 0 aliphatic rings. The monoisotopic (exact) mass is 309 g/mol. The van der Waals surface area contributed by atoms with Gasteiger partial charge < -0.3 is 9.94 Å². The molecular weight excluding hydrogens is 296 g/mol. The zero-order chi connectivity index (χ0) is 15.2. The van der Waals surface area contributed by atoms with Gasteiger partial charge in [0.05, 0.1) is 12.8 Å². The van der Waals surface area contributed by atoms with Gasteiger partial charge in [-0.2, -0.15) is 0 Å². The number of rotatable bonds is 5. The molecule has 6 heteroatoms. The van der Waals surface area contributed by atoms with Gasteiger partial charge in [0.2, 0.25) is 0 Å². The summed E-state index contributed by atoms with van der Waals surface area (Å²) < 4.78 is 31.6. The predicted octanol–water partition coefficient (Wildman–Crippen LogP) is 3.94. The number of benzene rings is 2. The lowest BCUT2D eigenvalue weighted by Gasteiger charge is -2.07. The van der Waals surface area contributed by atoms with Crippen molar-refractivity contribution >= 4 is 17.5 Å². The summed E-state index contributed by atoms with van der Waals surface area (Å²) in [6.07, 6.45) is 0. The Balaban J connectivity index is 2.09. The summed E-state index contributed by atoms with van der Waals surface area (Å²) in [5.74, 6) is -0.430. The van der Waals surface area contributed by atoms with E-state index in [0.717, 1.165) is 22.8 Å². The fraction of sp³-hybridized carbons (Fsp3) is 0.133. The smallest absolute Gasteiger partial charge is 0.135 e. The molecule has 2 rings (SSSR count). The molecule has 0 atom stereocenters. The van der Waals surface area contributed by atoms with Gasteiger partial charge in [-0.05, 0) is 36.4 Å². The highest BCUT2D eigenvalue weighted by molar-refractivity contribution is 8.00. The van der Waals surface area contributed by atoms with Gasteiger partial charge in [-0.25, -0.2) is 8.78 Å². The number of hydrogen-bond donors (Lipinski definition) is 1. The Kier molecular flexibility index (Phi) is 5.16. The third-order valence-electron chi connectivity index (χ3n) is 2.80. The third-order valence-corrected chi connectivity index (χ3v) is 3.82. The van der Waals surface area contributed by atoms with Crippen molar-refractivity contribution < 1.29 is 18.7 Å². The molecule has 1 N–H and O–H groups in total. The molecule has 3 nitrogen and oxygen atoms in total. The molecule has 0 heterocycles. The molecule has 0 aromatic heterocycles. The van der Waals surface area contributed by atoms with Crippen LogP contribution in [0.15, 0.2) is 52.5 Å². The molecule has 21 heavy (non-hydrogen) atoms. The summed E-state index contributed by atoms with van der Waals surface area (Å²) in [6, 6.07) is 10.4. The molecule has 2 aromatic rings. The van der Waals surface area contributed by atoms with Gasteiger partial charge in [0.25, 0.3) is 0 Å². The maximum atomic E-state index is 13.7. The number of thioether (sulfide) groups is 1. The molecule has 0 amide bonds. The number of halogens is 2. The van der Waals surface area contributed by atoms with Gasteiger partial charge in [0, 0.05) is 22.3 Å². The largest absolute Gasteiger partial charge is 0.497 e. The summed E-state index contributed by atoms with van der Waals surface area (Å²) in [5, 5.41) is 12.1. The van der Waals surface area contributed by atoms with Gasteiger partial charge in [0.1, 0.15) is 17.4 Å². The van der Waals surface area contributed by atoms with Crippen LogP contribution in [0.2, 0.25) is 0 Å². The van der Waals surface area contributed by atoms with Crippen molar-refractivity contribution in [1.82, 2.24) is 0 Å². The van der Waals surface area contributed by atoms with Gasteiger partial charge in [-0.1, -0.05) is 5.16 Å². The van der Waals surface area contributed by atoms with Gasteiger partial charge >= 0.3 is 0 Å². The van der Waals surface area contributed by atoms with Crippen molar-refractivity contribution in [2.24, 2.45) is 5.16 Å². The number of oxime groups is 1. The first-order valence-corrected chi connectivity index (χ1v) is 7.06. The van der Waals surface area contributed by atoms with E-state index in [9.17, 15) is 8.78 Å². The first-order chi connectivity index (χ1) is 10.1. The van der Waals surface area contributed by atoms with Crippen LogP contribution in [0.3, 0.4) is 0 Å². The molecule has 0 spiro atoms. The number of hydrogen-bond acceptors (Lipinski definition) is 4. The average molecular weight is 309 g/mol. The minimum atomic E-state index is -0.752. The predicted molar refractivity (Wildman–Crippen MR) is 78.4 cm³/mol. The molecule has 0 saturated carbocycles. The summed E-state index contributed by atoms with van der Waals surface area (Å²) in [4.78, 5) is 0.916. The van der Waals surface area contributed by atoms with Crippen molar-refractivity contribution in [2.45, 2.75) is 4.90 Å². The fourth-order valence-corrected chi connectivity index (χ4v) is 2.55. The molecule has 0 fully saturated rings. The van der Waals surface area contributed by atoms with Crippen molar-refractivity contribution in [3.8, 4) is 5.75 Å². The Morgan fingerprint density at radius 3 is 2.48 bits per heavy atom. The molecule has 2 aromatic carbocycles. The second-order valence-corrected chi connectivity index (χ2v) is 5.18. The second kappa shape index (κ2) is 7.08. The minimum absolute atomic E-state index is 0.0833. The lowest BCUT2D eigenvalue weighted by atomic mass is 10.1. The second-order valence-electron chi connectivity index (χ2n) is 4.14. The standard InChI is InChI=1S/C15H13F2NO2S/c1-20-11-3-5-12(6-4-11)21-9-15(18-19)13-7-2-10(16)8-14(13)17/h2-8,19H,9H2,1H3/b18-15+. The molecule has 0 bridgehead atoms. The van der Waals surface area contributed by atoms with E-state index in [1.54, 1.807) is 19.2 Å². The summed E-state index contributed by atoms with van der Waals surface area (Å²) in [6.45, 7) is 0. The number of nitrogens with zero attached hydrogens (tertiary/aromatic N) is 1. The quantitative estimate of drug-likeness (QED) is 0.394. The van der Waals surface area contributed by atoms with Crippen LogP contribution < -0.4 is 4.74 Å². The first kappa shape index (κ1) is 15.3. The Morgan fingerprint density at radius 2 is 1.90 bits per heavy atom. The summed E-state index contributed by atoms with van der Waals surface area (Å²) in [5.41, 5.74) is 0.230. The van der Waals surface area contributed by atoms with Crippen LogP contribution in [0, 0.1) is 11.6 Å². The van der Waals surface area contributed by atoms with Crippen LogP contribution in [0.1, 0.15) is 5.56 Å². The summed E-state index contributed by atoms with van der Waals surface area (Å²) in [7, 11) is 1.58. The van der Waals surface area contributed by atoms with E-state index in [4.69, 9.17) is 9.94 Å². The van der Waals surface area contributed by atoms with Crippen LogP contribution in [0.4, 0.5) is 8.78 Å². The third kappa shape index (κ3) is 3.95. The average Bonchev–Trinajstić information content (AvgIpc) is 2.50. The van der Waals surface area contributed by atoms with Crippen LogP contribution in [-0.4, -0.2) is 23.8 Å². The molecule has 110 valence electrons. The molecule has 0 saturated heterocycles. The highest BCUT2D eigenvalue weighted by Gasteiger charge is 2.12. The molecular formula is C15H13F2NO2S. The lowest BCUT2D eigenvalue weighted by molar-refractivity contribution is 0.319. The summed E-state index contributed by atoms with van der Waals surface area (Å²) >= 11 is 1.37. The zero-order valence-electron chi connectivity index (χ0n) is 11.2. The Labute approximate surface area is 125 Å². The highest BCUT2D eigenvalue weighted by Crippen LogP contribution is 2.23. The lowest BCUT2D eigenvalue weighted by Crippen LogP contribution is -2.07.